The van der Waals surface area contributed by atoms with Crippen molar-refractivity contribution in [3.05, 3.63) is 0 Å². The third kappa shape index (κ3) is 13.8. The molecule has 8 nitrogen and oxygen atoms in total. The van der Waals surface area contributed by atoms with E-state index in [9.17, 15) is 32.2 Å². The molecule has 0 spiro atoms. The van der Waals surface area contributed by atoms with Crippen LogP contribution in [0.15, 0.2) is 0 Å². The molecular formula is C13H22F3O8P. The Bertz CT molecular complexity index is 469. The first kappa shape index (κ1) is 23.8. The van der Waals surface area contributed by atoms with E-state index in [1.165, 1.54) is 6.92 Å². The summed E-state index contributed by atoms with van der Waals surface area (Å²) >= 11 is 0. The van der Waals surface area contributed by atoms with Crippen molar-refractivity contribution in [2.45, 2.75) is 51.8 Å². The molecule has 0 radical (unpaired) electrons. The van der Waals surface area contributed by atoms with Gasteiger partial charge in [-0.15, -0.1) is 0 Å². The monoisotopic (exact) mass is 394 g/mol. The first-order valence-corrected chi connectivity index (χ1v) is 9.02. The van der Waals surface area contributed by atoms with Crippen LogP contribution in [-0.2, 0) is 32.7 Å². The smallest absolute Gasteiger partial charge is 0.462 e. The van der Waals surface area contributed by atoms with Crippen molar-refractivity contribution in [3.63, 3.8) is 0 Å². The van der Waals surface area contributed by atoms with Gasteiger partial charge < -0.3 is 14.4 Å². The maximum Gasteiger partial charge on any atom is 0.472 e. The zero-order chi connectivity index (χ0) is 19.5. The SMILES string of the molecule is CCCC(=O)OC(COC(=O)CCC(F)(F)F)COP(=O)(O)OCC. The number of hydrogen-bond donors (Lipinski definition) is 1. The standard InChI is InChI=1S/C13H22F3O8P/c1-3-5-12(18)24-10(9-23-25(19,20)22-4-2)8-21-11(17)6-7-13(14,15)16/h10H,3-9H2,1-2H3,(H,19,20). The fraction of sp³-hybridized carbons (Fsp3) is 0.846. The number of phosphoric ester groups is 1. The maximum atomic E-state index is 12.0. The van der Waals surface area contributed by atoms with Crippen LogP contribution in [0, 0.1) is 0 Å². The molecule has 0 saturated carbocycles. The normalized spacial score (nSPS) is 15.3. The number of carbonyl (C=O) groups excluding carboxylic acids is 2. The van der Waals surface area contributed by atoms with Crippen LogP contribution in [0.1, 0.15) is 39.5 Å². The highest BCUT2D eigenvalue weighted by molar-refractivity contribution is 7.47. The Labute approximate surface area is 143 Å². The van der Waals surface area contributed by atoms with E-state index in [4.69, 9.17) is 4.74 Å². The highest BCUT2D eigenvalue weighted by atomic mass is 31.2. The maximum absolute atomic E-state index is 12.0. The van der Waals surface area contributed by atoms with Gasteiger partial charge in [-0.25, -0.2) is 4.57 Å². The lowest BCUT2D eigenvalue weighted by Crippen LogP contribution is -2.29. The topological polar surface area (TPSA) is 108 Å². The average Bonchev–Trinajstić information content (AvgIpc) is 2.47. The van der Waals surface area contributed by atoms with Crippen molar-refractivity contribution < 1.29 is 50.7 Å². The highest BCUT2D eigenvalue weighted by Crippen LogP contribution is 2.43. The van der Waals surface area contributed by atoms with Gasteiger partial charge in [0.2, 0.25) is 0 Å². The van der Waals surface area contributed by atoms with Gasteiger partial charge in [0.25, 0.3) is 0 Å². The number of ether oxygens (including phenoxy) is 2. The molecule has 2 atom stereocenters. The van der Waals surface area contributed by atoms with Gasteiger partial charge in [-0.2, -0.15) is 13.2 Å². The second-order valence-electron chi connectivity index (χ2n) is 4.84. The van der Waals surface area contributed by atoms with Crippen molar-refractivity contribution in [1.82, 2.24) is 0 Å². The summed E-state index contributed by atoms with van der Waals surface area (Å²) in [6.45, 7) is 1.81. The summed E-state index contributed by atoms with van der Waals surface area (Å²) in [5.74, 6) is -1.82. The molecule has 0 heterocycles. The van der Waals surface area contributed by atoms with Crippen LogP contribution < -0.4 is 0 Å². The van der Waals surface area contributed by atoms with Crippen molar-refractivity contribution in [1.29, 1.82) is 0 Å². The number of alkyl halides is 3. The van der Waals surface area contributed by atoms with Crippen LogP contribution >= 0.6 is 7.82 Å². The summed E-state index contributed by atoms with van der Waals surface area (Å²) in [5.41, 5.74) is 0. The second kappa shape index (κ2) is 11.5. The van der Waals surface area contributed by atoms with Gasteiger partial charge in [-0.1, -0.05) is 6.92 Å². The average molecular weight is 394 g/mol. The molecule has 12 heteroatoms. The van der Waals surface area contributed by atoms with E-state index in [2.05, 4.69) is 13.8 Å². The summed E-state index contributed by atoms with van der Waals surface area (Å²) in [6, 6.07) is 0. The van der Waals surface area contributed by atoms with Crippen LogP contribution in [0.25, 0.3) is 0 Å². The van der Waals surface area contributed by atoms with Gasteiger partial charge >= 0.3 is 25.9 Å². The second-order valence-corrected chi connectivity index (χ2v) is 6.30. The Balaban J connectivity index is 4.55. The third-order valence-corrected chi connectivity index (χ3v) is 3.57. The molecule has 0 fully saturated rings. The van der Waals surface area contributed by atoms with E-state index in [-0.39, 0.29) is 13.0 Å². The number of carbonyl (C=O) groups is 2. The molecule has 0 saturated heterocycles. The van der Waals surface area contributed by atoms with E-state index in [1.54, 1.807) is 6.92 Å². The predicted molar refractivity (Wildman–Crippen MR) is 78.4 cm³/mol. The predicted octanol–water partition coefficient (Wildman–Crippen LogP) is 2.74. The summed E-state index contributed by atoms with van der Waals surface area (Å²) in [6.07, 6.45) is -7.49. The van der Waals surface area contributed by atoms with E-state index in [0.29, 0.717) is 6.42 Å². The molecule has 1 N–H and O–H groups in total. The van der Waals surface area contributed by atoms with Crippen molar-refractivity contribution >= 4 is 19.8 Å². The van der Waals surface area contributed by atoms with Crippen LogP contribution in [-0.4, -0.2) is 48.9 Å². The molecule has 0 aliphatic carbocycles. The molecule has 25 heavy (non-hydrogen) atoms. The Morgan fingerprint density at radius 2 is 1.72 bits per heavy atom. The van der Waals surface area contributed by atoms with Gasteiger partial charge in [0.05, 0.1) is 26.1 Å². The first-order chi connectivity index (χ1) is 11.5. The largest absolute Gasteiger partial charge is 0.472 e. The molecule has 0 aromatic heterocycles. The number of esters is 2. The van der Waals surface area contributed by atoms with Crippen molar-refractivity contribution in [3.8, 4) is 0 Å². The third-order valence-electron chi connectivity index (χ3n) is 2.51. The molecule has 0 amide bonds. The quantitative estimate of drug-likeness (QED) is 0.398. The molecule has 0 aromatic rings. The summed E-state index contributed by atoms with van der Waals surface area (Å²) < 4.78 is 66.0. The zero-order valence-corrected chi connectivity index (χ0v) is 14.8. The zero-order valence-electron chi connectivity index (χ0n) is 13.9. The van der Waals surface area contributed by atoms with Crippen LogP contribution in [0.4, 0.5) is 13.2 Å². The Hall–Kier alpha value is -1.16. The minimum atomic E-state index is -4.50. The van der Waals surface area contributed by atoms with Crippen LogP contribution in [0.2, 0.25) is 0 Å². The molecule has 0 aromatic carbocycles. The van der Waals surface area contributed by atoms with E-state index < -0.39 is 58.1 Å². The van der Waals surface area contributed by atoms with Gasteiger partial charge in [-0.3, -0.25) is 18.6 Å². The molecule has 0 rings (SSSR count). The highest BCUT2D eigenvalue weighted by Gasteiger charge is 2.29. The minimum Gasteiger partial charge on any atom is -0.462 e. The van der Waals surface area contributed by atoms with E-state index in [1.807, 2.05) is 0 Å². The number of phosphoric acid groups is 1. The molecule has 0 aliphatic heterocycles. The number of hydrogen-bond acceptors (Lipinski definition) is 7. The lowest BCUT2D eigenvalue weighted by molar-refractivity contribution is -0.165. The Morgan fingerprint density at radius 3 is 2.24 bits per heavy atom. The first-order valence-electron chi connectivity index (χ1n) is 7.52. The molecule has 0 bridgehead atoms. The minimum absolute atomic E-state index is 0.0424. The van der Waals surface area contributed by atoms with Gasteiger partial charge in [-0.05, 0) is 13.3 Å². The van der Waals surface area contributed by atoms with E-state index in [0.717, 1.165) is 0 Å². The molecule has 0 aliphatic rings. The molecule has 2 unspecified atom stereocenters. The van der Waals surface area contributed by atoms with Crippen molar-refractivity contribution in [2.75, 3.05) is 19.8 Å². The lowest BCUT2D eigenvalue weighted by Gasteiger charge is -2.19. The van der Waals surface area contributed by atoms with Gasteiger partial charge in [0, 0.05) is 6.42 Å². The van der Waals surface area contributed by atoms with Crippen LogP contribution in [0.3, 0.4) is 0 Å². The van der Waals surface area contributed by atoms with Gasteiger partial charge in [0.15, 0.2) is 6.10 Å². The summed E-state index contributed by atoms with van der Waals surface area (Å²) in [7, 11) is -4.37. The fourth-order valence-corrected chi connectivity index (χ4v) is 2.20. The number of rotatable bonds is 12. The number of halogens is 3. The molecule has 148 valence electrons. The summed E-state index contributed by atoms with van der Waals surface area (Å²) in [4.78, 5) is 32.0. The lowest BCUT2D eigenvalue weighted by atomic mass is 10.3. The molecular weight excluding hydrogens is 372 g/mol. The van der Waals surface area contributed by atoms with Crippen molar-refractivity contribution in [2.24, 2.45) is 0 Å². The Morgan fingerprint density at radius 1 is 1.08 bits per heavy atom. The Kier molecular flexibility index (Phi) is 10.9. The van der Waals surface area contributed by atoms with Gasteiger partial charge in [0.1, 0.15) is 6.61 Å². The van der Waals surface area contributed by atoms with E-state index >= 15 is 0 Å². The fourth-order valence-electron chi connectivity index (χ4n) is 1.44. The summed E-state index contributed by atoms with van der Waals surface area (Å²) in [5, 5.41) is 0. The van der Waals surface area contributed by atoms with Crippen LogP contribution in [0.5, 0.6) is 0 Å².